The van der Waals surface area contributed by atoms with Gasteiger partial charge in [0.1, 0.15) is 18.5 Å². The number of aliphatic hydroxyl groups is 1. The number of ether oxygens (including phenoxy) is 1. The first-order chi connectivity index (χ1) is 10.7. The first kappa shape index (κ1) is 15.3. The van der Waals surface area contributed by atoms with Gasteiger partial charge in [0.15, 0.2) is 0 Å². The van der Waals surface area contributed by atoms with Crippen LogP contribution in [0.3, 0.4) is 0 Å². The molecule has 0 radical (unpaired) electrons. The van der Waals surface area contributed by atoms with Gasteiger partial charge in [0.2, 0.25) is 0 Å². The molecule has 1 aliphatic carbocycles. The molecular formula is C18H24N2O2. The Morgan fingerprint density at radius 3 is 2.41 bits per heavy atom. The molecule has 1 aromatic carbocycles. The lowest BCUT2D eigenvalue weighted by molar-refractivity contribution is 0.0741. The Balaban J connectivity index is 1.42. The number of likely N-dealkylation sites (tertiary alicyclic amines) is 1. The SMILES string of the molecule is N#Cc1ccc(OCC(O)CN2CC3CCCCC3C2)cc1. The lowest BCUT2D eigenvalue weighted by Crippen LogP contribution is -2.34. The molecule has 118 valence electrons. The van der Waals surface area contributed by atoms with Crippen LogP contribution in [0.25, 0.3) is 0 Å². The molecule has 0 aromatic heterocycles. The standard InChI is InChI=1S/C18H24N2O2/c19-9-14-5-7-18(8-6-14)22-13-17(21)12-20-10-15-3-1-2-4-16(15)11-20/h5-8,15-17,21H,1-4,10-13H2. The molecule has 1 saturated heterocycles. The molecule has 1 saturated carbocycles. The molecule has 0 amide bonds. The van der Waals surface area contributed by atoms with E-state index in [4.69, 9.17) is 10.00 Å². The quantitative estimate of drug-likeness (QED) is 0.907. The van der Waals surface area contributed by atoms with E-state index in [1.165, 1.54) is 25.7 Å². The summed E-state index contributed by atoms with van der Waals surface area (Å²) >= 11 is 0. The van der Waals surface area contributed by atoms with Gasteiger partial charge in [-0.05, 0) is 48.9 Å². The number of hydrogen-bond acceptors (Lipinski definition) is 4. The van der Waals surface area contributed by atoms with E-state index in [2.05, 4.69) is 11.0 Å². The van der Waals surface area contributed by atoms with E-state index in [0.717, 1.165) is 24.9 Å². The molecule has 4 heteroatoms. The third-order valence-electron chi connectivity index (χ3n) is 4.95. The van der Waals surface area contributed by atoms with Gasteiger partial charge < -0.3 is 14.7 Å². The van der Waals surface area contributed by atoms with E-state index >= 15 is 0 Å². The second-order valence-electron chi connectivity index (χ2n) is 6.62. The minimum atomic E-state index is -0.462. The Labute approximate surface area is 132 Å². The smallest absolute Gasteiger partial charge is 0.119 e. The fourth-order valence-corrected chi connectivity index (χ4v) is 3.82. The monoisotopic (exact) mass is 300 g/mol. The molecule has 4 nitrogen and oxygen atoms in total. The number of aliphatic hydroxyl groups excluding tert-OH is 1. The number of rotatable bonds is 5. The molecule has 1 aliphatic heterocycles. The summed E-state index contributed by atoms with van der Waals surface area (Å²) in [6.45, 7) is 3.28. The molecule has 3 unspecified atom stereocenters. The summed E-state index contributed by atoms with van der Waals surface area (Å²) in [5.74, 6) is 2.40. The molecule has 3 atom stereocenters. The fraction of sp³-hybridized carbons (Fsp3) is 0.611. The molecular weight excluding hydrogens is 276 g/mol. The fourth-order valence-electron chi connectivity index (χ4n) is 3.82. The van der Waals surface area contributed by atoms with Crippen molar-refractivity contribution in [2.45, 2.75) is 31.8 Å². The van der Waals surface area contributed by atoms with Crippen LogP contribution in [0.5, 0.6) is 5.75 Å². The van der Waals surface area contributed by atoms with Crippen molar-refractivity contribution in [1.82, 2.24) is 4.90 Å². The average molecular weight is 300 g/mol. The van der Waals surface area contributed by atoms with Crippen LogP contribution in [0.2, 0.25) is 0 Å². The largest absolute Gasteiger partial charge is 0.491 e. The minimum absolute atomic E-state index is 0.303. The number of nitriles is 1. The van der Waals surface area contributed by atoms with E-state index in [0.29, 0.717) is 24.5 Å². The summed E-state index contributed by atoms with van der Waals surface area (Å²) in [6, 6.07) is 9.09. The van der Waals surface area contributed by atoms with E-state index in [1.54, 1.807) is 24.3 Å². The van der Waals surface area contributed by atoms with Gasteiger partial charge in [0.25, 0.3) is 0 Å². The van der Waals surface area contributed by atoms with Gasteiger partial charge in [-0.2, -0.15) is 5.26 Å². The molecule has 1 heterocycles. The molecule has 2 aliphatic rings. The van der Waals surface area contributed by atoms with Crippen molar-refractivity contribution in [2.24, 2.45) is 11.8 Å². The lowest BCUT2D eigenvalue weighted by Gasteiger charge is -2.23. The number of fused-ring (bicyclic) bond motifs is 1. The van der Waals surface area contributed by atoms with Crippen LogP contribution >= 0.6 is 0 Å². The van der Waals surface area contributed by atoms with Crippen LogP contribution < -0.4 is 4.74 Å². The number of β-amino-alcohol motifs (C(OH)–C–C–N with tert-alkyl or cyclic N) is 1. The predicted octanol–water partition coefficient (Wildman–Crippen LogP) is 2.42. The second kappa shape index (κ2) is 7.13. The Morgan fingerprint density at radius 2 is 1.82 bits per heavy atom. The maximum absolute atomic E-state index is 10.2. The molecule has 2 fully saturated rings. The lowest BCUT2D eigenvalue weighted by atomic mass is 9.82. The van der Waals surface area contributed by atoms with E-state index in [1.807, 2.05) is 0 Å². The van der Waals surface area contributed by atoms with Gasteiger partial charge in [-0.15, -0.1) is 0 Å². The van der Waals surface area contributed by atoms with Crippen molar-refractivity contribution in [3.8, 4) is 11.8 Å². The van der Waals surface area contributed by atoms with E-state index in [9.17, 15) is 5.11 Å². The van der Waals surface area contributed by atoms with Crippen molar-refractivity contribution >= 4 is 0 Å². The minimum Gasteiger partial charge on any atom is -0.491 e. The number of benzene rings is 1. The van der Waals surface area contributed by atoms with Crippen LogP contribution in [0.4, 0.5) is 0 Å². The van der Waals surface area contributed by atoms with E-state index in [-0.39, 0.29) is 0 Å². The van der Waals surface area contributed by atoms with Gasteiger partial charge in [-0.1, -0.05) is 12.8 Å². The highest BCUT2D eigenvalue weighted by molar-refractivity contribution is 5.34. The Morgan fingerprint density at radius 1 is 1.18 bits per heavy atom. The van der Waals surface area contributed by atoms with Crippen molar-refractivity contribution in [3.05, 3.63) is 29.8 Å². The third-order valence-corrected chi connectivity index (χ3v) is 4.95. The zero-order valence-electron chi connectivity index (χ0n) is 12.9. The summed E-state index contributed by atoms with van der Waals surface area (Å²) in [6.07, 6.45) is 5.01. The Kier molecular flexibility index (Phi) is 4.97. The molecule has 0 spiro atoms. The zero-order chi connectivity index (χ0) is 15.4. The van der Waals surface area contributed by atoms with Crippen molar-refractivity contribution in [1.29, 1.82) is 5.26 Å². The molecule has 3 rings (SSSR count). The molecule has 1 aromatic rings. The summed E-state index contributed by atoms with van der Waals surface area (Å²) < 4.78 is 5.61. The molecule has 0 bridgehead atoms. The summed E-state index contributed by atoms with van der Waals surface area (Å²) in [5.41, 5.74) is 0.618. The van der Waals surface area contributed by atoms with Gasteiger partial charge >= 0.3 is 0 Å². The Hall–Kier alpha value is -1.57. The van der Waals surface area contributed by atoms with Gasteiger partial charge in [0, 0.05) is 19.6 Å². The first-order valence-electron chi connectivity index (χ1n) is 8.28. The summed E-state index contributed by atoms with van der Waals surface area (Å²) in [7, 11) is 0. The van der Waals surface area contributed by atoms with Crippen LogP contribution in [0, 0.1) is 23.2 Å². The maximum Gasteiger partial charge on any atom is 0.119 e. The molecule has 22 heavy (non-hydrogen) atoms. The van der Waals surface area contributed by atoms with Crippen LogP contribution in [0.15, 0.2) is 24.3 Å². The van der Waals surface area contributed by atoms with Crippen LogP contribution in [-0.4, -0.2) is 42.4 Å². The highest BCUT2D eigenvalue weighted by Crippen LogP contribution is 2.35. The maximum atomic E-state index is 10.2. The predicted molar refractivity (Wildman–Crippen MR) is 84.5 cm³/mol. The van der Waals surface area contributed by atoms with Crippen LogP contribution in [-0.2, 0) is 0 Å². The third kappa shape index (κ3) is 3.79. The Bertz CT molecular complexity index is 509. The highest BCUT2D eigenvalue weighted by Gasteiger charge is 2.34. The normalized spacial score (nSPS) is 26.2. The average Bonchev–Trinajstić information content (AvgIpc) is 2.95. The van der Waals surface area contributed by atoms with E-state index < -0.39 is 6.10 Å². The first-order valence-corrected chi connectivity index (χ1v) is 8.28. The van der Waals surface area contributed by atoms with Gasteiger partial charge in [-0.3, -0.25) is 0 Å². The van der Waals surface area contributed by atoms with Crippen LogP contribution in [0.1, 0.15) is 31.2 Å². The van der Waals surface area contributed by atoms with Gasteiger partial charge in [-0.25, -0.2) is 0 Å². The zero-order valence-corrected chi connectivity index (χ0v) is 12.9. The van der Waals surface area contributed by atoms with Crippen molar-refractivity contribution < 1.29 is 9.84 Å². The topological polar surface area (TPSA) is 56.5 Å². The number of hydrogen-bond donors (Lipinski definition) is 1. The number of nitrogens with zero attached hydrogens (tertiary/aromatic N) is 2. The highest BCUT2D eigenvalue weighted by atomic mass is 16.5. The van der Waals surface area contributed by atoms with Gasteiger partial charge in [0.05, 0.1) is 11.6 Å². The summed E-state index contributed by atoms with van der Waals surface area (Å²) in [5, 5.41) is 18.9. The van der Waals surface area contributed by atoms with Crippen molar-refractivity contribution in [2.75, 3.05) is 26.2 Å². The molecule has 1 N–H and O–H groups in total. The summed E-state index contributed by atoms with van der Waals surface area (Å²) in [4.78, 5) is 2.40. The second-order valence-corrected chi connectivity index (χ2v) is 6.62. The van der Waals surface area contributed by atoms with Crippen molar-refractivity contribution in [3.63, 3.8) is 0 Å².